The summed E-state index contributed by atoms with van der Waals surface area (Å²) < 4.78 is 40.0. The second-order valence-electron chi connectivity index (χ2n) is 8.88. The van der Waals surface area contributed by atoms with E-state index in [1.807, 2.05) is 18.2 Å². The molecular weight excluding hydrogens is 521 g/mol. The first kappa shape index (κ1) is 31.1. The molecule has 0 spiro atoms. The number of rotatable bonds is 18. The minimum Gasteiger partial charge on any atom is -0.481 e. The van der Waals surface area contributed by atoms with Gasteiger partial charge in [0.2, 0.25) is 0 Å². The number of carboxylic acid groups (broad SMARTS) is 2. The Morgan fingerprint density at radius 1 is 0.757 bits per heavy atom. The summed E-state index contributed by atoms with van der Waals surface area (Å²) >= 11 is 2.68. The average molecular weight is 557 g/mol. The zero-order chi connectivity index (χ0) is 27.1. The van der Waals surface area contributed by atoms with Crippen molar-refractivity contribution in [1.29, 1.82) is 0 Å². The van der Waals surface area contributed by atoms with E-state index in [-0.39, 0.29) is 17.4 Å². The fourth-order valence-electron chi connectivity index (χ4n) is 3.96. The first-order valence-electron chi connectivity index (χ1n) is 12.6. The molecule has 0 saturated heterocycles. The summed E-state index contributed by atoms with van der Waals surface area (Å²) in [6.07, 6.45) is 2.98. The smallest absolute Gasteiger partial charge is 0.416 e. The van der Waals surface area contributed by atoms with Crippen LogP contribution in [0, 0.1) is 0 Å². The summed E-state index contributed by atoms with van der Waals surface area (Å²) in [6, 6.07) is 14.1. The molecule has 2 aromatic rings. The van der Waals surface area contributed by atoms with E-state index >= 15 is 0 Å². The molecule has 0 heterocycles. The van der Waals surface area contributed by atoms with Gasteiger partial charge in [0.15, 0.2) is 0 Å². The maximum Gasteiger partial charge on any atom is 0.416 e. The number of hydrogen-bond donors (Lipinski definition) is 2. The van der Waals surface area contributed by atoms with Crippen LogP contribution in [0.3, 0.4) is 0 Å². The van der Waals surface area contributed by atoms with E-state index in [2.05, 4.69) is 12.1 Å². The summed E-state index contributed by atoms with van der Waals surface area (Å²) in [5.41, 5.74) is 1.96. The van der Waals surface area contributed by atoms with Crippen LogP contribution in [0.2, 0.25) is 0 Å². The lowest BCUT2D eigenvalue weighted by Gasteiger charge is -2.21. The molecule has 0 radical (unpaired) electrons. The van der Waals surface area contributed by atoms with Crippen molar-refractivity contribution in [3.8, 4) is 0 Å². The van der Waals surface area contributed by atoms with Crippen LogP contribution in [-0.4, -0.2) is 33.7 Å². The first-order valence-corrected chi connectivity index (χ1v) is 14.7. The highest BCUT2D eigenvalue weighted by molar-refractivity contribution is 8.16. The molecule has 0 bridgehead atoms. The minimum atomic E-state index is -4.45. The normalized spacial score (nSPS) is 11.7. The quantitative estimate of drug-likeness (QED) is 0.142. The Hall–Kier alpha value is -2.13. The van der Waals surface area contributed by atoms with Crippen molar-refractivity contribution in [3.63, 3.8) is 0 Å². The van der Waals surface area contributed by atoms with Gasteiger partial charge in [0.25, 0.3) is 0 Å². The van der Waals surface area contributed by atoms with Gasteiger partial charge in [0, 0.05) is 11.5 Å². The van der Waals surface area contributed by atoms with E-state index in [0.29, 0.717) is 23.5 Å². The van der Waals surface area contributed by atoms with Crippen LogP contribution in [0.4, 0.5) is 13.2 Å². The lowest BCUT2D eigenvalue weighted by Crippen LogP contribution is -2.09. The Morgan fingerprint density at radius 2 is 1.30 bits per heavy atom. The highest BCUT2D eigenvalue weighted by atomic mass is 32.2. The number of aliphatic carboxylic acids is 2. The molecule has 2 N–H and O–H groups in total. The van der Waals surface area contributed by atoms with Gasteiger partial charge in [0.05, 0.1) is 23.0 Å². The largest absolute Gasteiger partial charge is 0.481 e. The van der Waals surface area contributed by atoms with Crippen molar-refractivity contribution in [1.82, 2.24) is 0 Å². The molecule has 0 fully saturated rings. The van der Waals surface area contributed by atoms with Crippen LogP contribution in [0.1, 0.15) is 78.2 Å². The zero-order valence-electron chi connectivity index (χ0n) is 20.8. The molecule has 37 heavy (non-hydrogen) atoms. The summed E-state index contributed by atoms with van der Waals surface area (Å²) in [6.45, 7) is 0. The second-order valence-corrected chi connectivity index (χ2v) is 11.6. The van der Waals surface area contributed by atoms with Crippen molar-refractivity contribution in [3.05, 3.63) is 70.8 Å². The van der Waals surface area contributed by atoms with Crippen LogP contribution in [-0.2, 0) is 28.6 Å². The molecule has 0 aliphatic rings. The van der Waals surface area contributed by atoms with Crippen molar-refractivity contribution < 1.29 is 33.0 Å². The number of benzene rings is 2. The van der Waals surface area contributed by atoms with E-state index in [4.69, 9.17) is 10.2 Å². The third kappa shape index (κ3) is 12.8. The van der Waals surface area contributed by atoms with Crippen LogP contribution < -0.4 is 0 Å². The standard InChI is InChI=1S/C28H35F3O4S2/c29-28(30,31)23-14-15-24(27(36-18-16-25(32)33)37-19-17-26(34)35)22(20-23)13-9-4-2-1-3-6-10-21-11-7-5-8-12-21/h5,7-8,11-12,14-15,20,27H,1-4,6,9-10,13,16-19H2,(H,32,33)(H,34,35). The Morgan fingerprint density at radius 3 is 1.84 bits per heavy atom. The summed E-state index contributed by atoms with van der Waals surface area (Å²) in [5, 5.41) is 18.0. The molecule has 9 heteroatoms. The molecule has 2 rings (SSSR count). The molecule has 0 atom stereocenters. The summed E-state index contributed by atoms with van der Waals surface area (Å²) in [5.74, 6) is -1.30. The van der Waals surface area contributed by atoms with E-state index in [1.165, 1.54) is 41.2 Å². The number of thioether (sulfide) groups is 2. The van der Waals surface area contributed by atoms with E-state index in [1.54, 1.807) is 0 Å². The van der Waals surface area contributed by atoms with Gasteiger partial charge in [-0.25, -0.2) is 0 Å². The maximum atomic E-state index is 13.4. The minimum absolute atomic E-state index is 0.0686. The third-order valence-corrected chi connectivity index (χ3v) is 8.71. The molecule has 2 aromatic carbocycles. The highest BCUT2D eigenvalue weighted by Crippen LogP contribution is 2.43. The second kappa shape index (κ2) is 16.7. The van der Waals surface area contributed by atoms with E-state index in [9.17, 15) is 22.8 Å². The van der Waals surface area contributed by atoms with Gasteiger partial charge in [-0.05, 0) is 54.5 Å². The summed E-state index contributed by atoms with van der Waals surface area (Å²) in [7, 11) is 0. The Kier molecular flexibility index (Phi) is 14.0. The zero-order valence-corrected chi connectivity index (χ0v) is 22.5. The SMILES string of the molecule is O=C(O)CCSC(SCCC(=O)O)c1ccc(C(F)(F)F)cc1CCCCCCCCc1ccccc1. The van der Waals surface area contributed by atoms with Gasteiger partial charge in [-0.3, -0.25) is 9.59 Å². The first-order chi connectivity index (χ1) is 17.7. The number of carbonyl (C=O) groups is 2. The molecule has 0 saturated carbocycles. The van der Waals surface area contributed by atoms with Crippen LogP contribution in [0.15, 0.2) is 48.5 Å². The lowest BCUT2D eigenvalue weighted by molar-refractivity contribution is -0.138. The lowest BCUT2D eigenvalue weighted by atomic mass is 9.98. The molecule has 0 aliphatic carbocycles. The van der Waals surface area contributed by atoms with E-state index in [0.717, 1.165) is 56.6 Å². The number of hydrogen-bond acceptors (Lipinski definition) is 4. The van der Waals surface area contributed by atoms with Gasteiger partial charge < -0.3 is 10.2 Å². The average Bonchev–Trinajstić information content (AvgIpc) is 2.84. The predicted molar refractivity (Wildman–Crippen MR) is 145 cm³/mol. The van der Waals surface area contributed by atoms with Crippen molar-refractivity contribution in [2.24, 2.45) is 0 Å². The number of carboxylic acids is 2. The highest BCUT2D eigenvalue weighted by Gasteiger charge is 2.31. The van der Waals surface area contributed by atoms with Crippen molar-refractivity contribution in [2.45, 2.75) is 75.0 Å². The van der Waals surface area contributed by atoms with Crippen LogP contribution in [0.25, 0.3) is 0 Å². The van der Waals surface area contributed by atoms with E-state index < -0.39 is 23.7 Å². The molecule has 0 unspecified atom stereocenters. The molecule has 0 aliphatic heterocycles. The fraction of sp³-hybridized carbons (Fsp3) is 0.500. The van der Waals surface area contributed by atoms with Gasteiger partial charge in [-0.15, -0.1) is 23.5 Å². The number of unbranched alkanes of at least 4 members (excludes halogenated alkanes) is 5. The van der Waals surface area contributed by atoms with Gasteiger partial charge in [-0.2, -0.15) is 13.2 Å². The Bertz CT molecular complexity index is 948. The monoisotopic (exact) mass is 556 g/mol. The Labute approximate surface area is 225 Å². The van der Waals surface area contributed by atoms with Crippen LogP contribution in [0.5, 0.6) is 0 Å². The summed E-state index contributed by atoms with van der Waals surface area (Å²) in [4.78, 5) is 21.9. The maximum absolute atomic E-state index is 13.4. The number of halogens is 3. The van der Waals surface area contributed by atoms with Gasteiger partial charge >= 0.3 is 18.1 Å². The van der Waals surface area contributed by atoms with Gasteiger partial charge in [-0.1, -0.05) is 62.1 Å². The molecule has 4 nitrogen and oxygen atoms in total. The third-order valence-electron chi connectivity index (χ3n) is 5.90. The predicted octanol–water partition coefficient (Wildman–Crippen LogP) is 8.25. The van der Waals surface area contributed by atoms with Crippen LogP contribution >= 0.6 is 23.5 Å². The molecular formula is C28H35F3O4S2. The molecule has 0 amide bonds. The molecule has 0 aromatic heterocycles. The number of alkyl halides is 3. The van der Waals surface area contributed by atoms with Gasteiger partial charge in [0.1, 0.15) is 0 Å². The number of aryl methyl sites for hydroxylation is 2. The van der Waals surface area contributed by atoms with Crippen molar-refractivity contribution >= 4 is 35.5 Å². The van der Waals surface area contributed by atoms with Crippen molar-refractivity contribution in [2.75, 3.05) is 11.5 Å². The topological polar surface area (TPSA) is 74.6 Å². The molecule has 204 valence electrons. The Balaban J connectivity index is 1.97. The fourth-order valence-corrected chi connectivity index (χ4v) is 6.75.